The molecule has 0 saturated carbocycles. The average Bonchev–Trinajstić information content (AvgIpc) is 3.42. The van der Waals surface area contributed by atoms with Gasteiger partial charge in [-0.05, 0) is 103 Å². The Morgan fingerprint density at radius 1 is 0.276 bits per heavy atom. The van der Waals surface area contributed by atoms with Gasteiger partial charge in [-0.15, -0.1) is 0 Å². The van der Waals surface area contributed by atoms with Gasteiger partial charge in [0.15, 0.2) is 6.10 Å². The standard InChI is InChI=1S/C70H120O6/c1-4-7-10-13-16-19-21-23-25-27-29-31-32-33-34-35-36-37-38-40-41-43-45-47-49-51-54-57-60-63-69(72)75-66-67(65-74-68(71)62-59-56-53-18-15-12-9-6-3)76-70(73)64-61-58-55-52-50-48-46-44-42-39-30-28-26-24-22-20-17-14-11-8-5-2/h7,10,16,19,22-25,28-31,33-34,36-37,67H,4-6,8-9,11-15,17-18,20-21,26-27,32,35,38-66H2,1-3H3/b10-7-,19-16-,24-22-,25-23-,30-28-,31-29-,34-33-,37-36-. The van der Waals surface area contributed by atoms with Crippen molar-refractivity contribution >= 4 is 17.9 Å². The molecule has 6 heteroatoms. The minimum absolute atomic E-state index is 0.0781. The largest absolute Gasteiger partial charge is 0.462 e. The second-order valence-electron chi connectivity index (χ2n) is 21.3. The van der Waals surface area contributed by atoms with E-state index in [2.05, 4.69) is 118 Å². The first kappa shape index (κ1) is 72.3. The van der Waals surface area contributed by atoms with Gasteiger partial charge in [0, 0.05) is 19.3 Å². The molecule has 0 fully saturated rings. The summed E-state index contributed by atoms with van der Waals surface area (Å²) in [5, 5.41) is 0. The lowest BCUT2D eigenvalue weighted by atomic mass is 10.1. The van der Waals surface area contributed by atoms with E-state index >= 15 is 0 Å². The Morgan fingerprint density at radius 2 is 0.513 bits per heavy atom. The van der Waals surface area contributed by atoms with Crippen molar-refractivity contribution in [3.05, 3.63) is 97.2 Å². The number of ether oxygens (including phenoxy) is 3. The molecular weight excluding hydrogens is 937 g/mol. The maximum absolute atomic E-state index is 12.9. The van der Waals surface area contributed by atoms with Crippen molar-refractivity contribution in [1.82, 2.24) is 0 Å². The van der Waals surface area contributed by atoms with Crippen LogP contribution in [0.3, 0.4) is 0 Å². The molecule has 0 saturated heterocycles. The predicted octanol–water partition coefficient (Wildman–Crippen LogP) is 22.0. The number of esters is 3. The molecule has 0 aromatic carbocycles. The summed E-state index contributed by atoms with van der Waals surface area (Å²) in [6.45, 7) is 6.50. The van der Waals surface area contributed by atoms with Gasteiger partial charge >= 0.3 is 17.9 Å². The SMILES string of the molecule is CC/C=C\C/C=C\C/C=C\C/C=C\C/C=C\C/C=C\CCCCCCCCCCCCC(=O)OCC(COC(=O)CCCCCCCCCC)OC(=O)CCCCCCCCCCC/C=C\C/C=C\CCCCCCC. The van der Waals surface area contributed by atoms with E-state index in [4.69, 9.17) is 14.2 Å². The summed E-state index contributed by atoms with van der Waals surface area (Å²) in [7, 11) is 0. The van der Waals surface area contributed by atoms with Crippen LogP contribution in [0.25, 0.3) is 0 Å². The molecule has 0 bridgehead atoms. The molecule has 0 aromatic heterocycles. The number of hydrogen-bond donors (Lipinski definition) is 0. The molecule has 6 nitrogen and oxygen atoms in total. The van der Waals surface area contributed by atoms with E-state index in [1.807, 2.05) is 0 Å². The summed E-state index contributed by atoms with van der Waals surface area (Å²) in [6, 6.07) is 0. The summed E-state index contributed by atoms with van der Waals surface area (Å²) >= 11 is 0. The number of carbonyl (C=O) groups excluding carboxylic acids is 3. The van der Waals surface area contributed by atoms with Crippen molar-refractivity contribution in [1.29, 1.82) is 0 Å². The summed E-state index contributed by atoms with van der Waals surface area (Å²) < 4.78 is 16.9. The van der Waals surface area contributed by atoms with Crippen LogP contribution in [0.15, 0.2) is 97.2 Å². The Bertz CT molecular complexity index is 1490. The number of hydrogen-bond acceptors (Lipinski definition) is 6. The van der Waals surface area contributed by atoms with Gasteiger partial charge in [-0.25, -0.2) is 0 Å². The van der Waals surface area contributed by atoms with Crippen LogP contribution >= 0.6 is 0 Å². The zero-order valence-corrected chi connectivity index (χ0v) is 50.0. The molecule has 1 unspecified atom stereocenters. The van der Waals surface area contributed by atoms with E-state index in [1.165, 1.54) is 167 Å². The summed E-state index contributed by atoms with van der Waals surface area (Å²) in [4.78, 5) is 38.1. The molecule has 0 amide bonds. The number of rotatable bonds is 58. The molecule has 436 valence electrons. The maximum Gasteiger partial charge on any atom is 0.306 e. The summed E-state index contributed by atoms with van der Waals surface area (Å²) in [6.07, 6.45) is 85.7. The van der Waals surface area contributed by atoms with E-state index in [9.17, 15) is 14.4 Å². The van der Waals surface area contributed by atoms with Crippen LogP contribution in [0, 0.1) is 0 Å². The van der Waals surface area contributed by atoms with E-state index in [-0.39, 0.29) is 31.1 Å². The third-order valence-corrected chi connectivity index (χ3v) is 13.8. The fourth-order valence-electron chi connectivity index (χ4n) is 9.01. The lowest BCUT2D eigenvalue weighted by Crippen LogP contribution is -2.30. The second-order valence-corrected chi connectivity index (χ2v) is 21.3. The normalized spacial score (nSPS) is 12.7. The highest BCUT2D eigenvalue weighted by Gasteiger charge is 2.19. The molecule has 0 spiro atoms. The van der Waals surface area contributed by atoms with Gasteiger partial charge in [0.1, 0.15) is 13.2 Å². The van der Waals surface area contributed by atoms with E-state index in [1.54, 1.807) is 0 Å². The fourth-order valence-corrected chi connectivity index (χ4v) is 9.01. The van der Waals surface area contributed by atoms with Gasteiger partial charge in [-0.1, -0.05) is 285 Å². The van der Waals surface area contributed by atoms with Crippen LogP contribution in [0.1, 0.15) is 310 Å². The van der Waals surface area contributed by atoms with Crippen LogP contribution < -0.4 is 0 Å². The Balaban J connectivity index is 4.18. The number of carbonyl (C=O) groups is 3. The molecule has 0 heterocycles. The second kappa shape index (κ2) is 63.9. The van der Waals surface area contributed by atoms with Crippen molar-refractivity contribution in [2.45, 2.75) is 316 Å². The summed E-state index contributed by atoms with van der Waals surface area (Å²) in [5.41, 5.74) is 0. The summed E-state index contributed by atoms with van der Waals surface area (Å²) in [5.74, 6) is -0.882. The minimum Gasteiger partial charge on any atom is -0.462 e. The van der Waals surface area contributed by atoms with Gasteiger partial charge in [-0.2, -0.15) is 0 Å². The van der Waals surface area contributed by atoms with Crippen molar-refractivity contribution in [3.63, 3.8) is 0 Å². The monoisotopic (exact) mass is 1060 g/mol. The zero-order valence-electron chi connectivity index (χ0n) is 50.0. The topological polar surface area (TPSA) is 78.9 Å². The molecule has 0 radical (unpaired) electrons. The van der Waals surface area contributed by atoms with Crippen LogP contribution in [0.4, 0.5) is 0 Å². The first-order valence-electron chi connectivity index (χ1n) is 32.2. The Labute approximate surface area is 470 Å². The van der Waals surface area contributed by atoms with Crippen molar-refractivity contribution in [2.24, 2.45) is 0 Å². The maximum atomic E-state index is 12.9. The van der Waals surface area contributed by atoms with Crippen LogP contribution in [-0.2, 0) is 28.6 Å². The molecule has 0 N–H and O–H groups in total. The van der Waals surface area contributed by atoms with Gasteiger partial charge < -0.3 is 14.2 Å². The molecule has 0 rings (SSSR count). The minimum atomic E-state index is -0.780. The quantitative estimate of drug-likeness (QED) is 0.0261. The molecule has 1 atom stereocenters. The highest BCUT2D eigenvalue weighted by molar-refractivity contribution is 5.71. The average molecular weight is 1060 g/mol. The van der Waals surface area contributed by atoms with Crippen molar-refractivity contribution in [2.75, 3.05) is 13.2 Å². The van der Waals surface area contributed by atoms with Crippen LogP contribution in [0.5, 0.6) is 0 Å². The Kier molecular flexibility index (Phi) is 60.8. The predicted molar refractivity (Wildman–Crippen MR) is 330 cm³/mol. The van der Waals surface area contributed by atoms with E-state index in [0.717, 1.165) is 103 Å². The third-order valence-electron chi connectivity index (χ3n) is 13.8. The molecular formula is C70H120O6. The first-order chi connectivity index (χ1) is 37.5. The van der Waals surface area contributed by atoms with Crippen molar-refractivity contribution in [3.8, 4) is 0 Å². The highest BCUT2D eigenvalue weighted by Crippen LogP contribution is 2.16. The molecule has 0 aliphatic rings. The molecule has 0 aliphatic heterocycles. The van der Waals surface area contributed by atoms with E-state index < -0.39 is 6.10 Å². The molecule has 0 aromatic rings. The van der Waals surface area contributed by atoms with Crippen LogP contribution in [-0.4, -0.2) is 37.2 Å². The highest BCUT2D eigenvalue weighted by atomic mass is 16.6. The number of unbranched alkanes of at least 4 members (excludes halogenated alkanes) is 31. The smallest absolute Gasteiger partial charge is 0.306 e. The van der Waals surface area contributed by atoms with Gasteiger partial charge in [0.2, 0.25) is 0 Å². The fraction of sp³-hybridized carbons (Fsp3) is 0.729. The lowest BCUT2D eigenvalue weighted by Gasteiger charge is -2.18. The first-order valence-corrected chi connectivity index (χ1v) is 32.2. The third kappa shape index (κ3) is 61.2. The van der Waals surface area contributed by atoms with Gasteiger partial charge in [-0.3, -0.25) is 14.4 Å². The van der Waals surface area contributed by atoms with Crippen molar-refractivity contribution < 1.29 is 28.6 Å². The van der Waals surface area contributed by atoms with Gasteiger partial charge in [0.05, 0.1) is 0 Å². The number of allylic oxidation sites excluding steroid dienone is 16. The Hall–Kier alpha value is -3.67. The van der Waals surface area contributed by atoms with Gasteiger partial charge in [0.25, 0.3) is 0 Å². The lowest BCUT2D eigenvalue weighted by molar-refractivity contribution is -0.167. The van der Waals surface area contributed by atoms with E-state index in [0.29, 0.717) is 19.3 Å². The van der Waals surface area contributed by atoms with Crippen LogP contribution in [0.2, 0.25) is 0 Å². The molecule has 76 heavy (non-hydrogen) atoms. The zero-order chi connectivity index (χ0) is 55.0. The molecule has 0 aliphatic carbocycles. The Morgan fingerprint density at radius 3 is 0.803 bits per heavy atom.